The minimum Gasteiger partial charge on any atom is -0.309 e. The Hall–Kier alpha value is -7.48. The van der Waals surface area contributed by atoms with Crippen LogP contribution in [-0.4, -0.2) is 4.57 Å². The third-order valence-electron chi connectivity index (χ3n) is 14.0. The number of nitrogens with zero attached hydrogens (tertiary/aromatic N) is 1. The van der Waals surface area contributed by atoms with Gasteiger partial charge in [0.15, 0.2) is 0 Å². The van der Waals surface area contributed by atoms with Crippen LogP contribution in [0.1, 0.15) is 66.0 Å². The minimum absolute atomic E-state index is 0.0500. The van der Waals surface area contributed by atoms with Crippen LogP contribution in [0.2, 0.25) is 0 Å². The second-order valence-corrected chi connectivity index (χ2v) is 18.0. The third kappa shape index (κ3) is 6.30. The first kappa shape index (κ1) is 37.3. The van der Waals surface area contributed by atoms with Crippen molar-refractivity contribution in [3.63, 3.8) is 0 Å². The summed E-state index contributed by atoms with van der Waals surface area (Å²) in [5.74, 6) is 0.116. The molecule has 0 N–H and O–H groups in total. The van der Waals surface area contributed by atoms with Crippen molar-refractivity contribution in [2.45, 2.75) is 38.0 Å². The summed E-state index contributed by atoms with van der Waals surface area (Å²) in [6.07, 6.45) is 8.88. The normalized spacial score (nSPS) is 14.5. The number of benzene rings is 9. The van der Waals surface area contributed by atoms with Crippen molar-refractivity contribution in [3.05, 3.63) is 252 Å². The van der Waals surface area contributed by atoms with Crippen LogP contribution < -0.4 is 0 Å². The fourth-order valence-electron chi connectivity index (χ4n) is 10.7. The molecule has 0 aliphatic heterocycles. The first-order valence-electron chi connectivity index (χ1n) is 22.4. The Morgan fingerprint density at radius 3 is 1.94 bits per heavy atom. The maximum atomic E-state index is 2.48. The number of hydrogen-bond donors (Lipinski definition) is 0. The zero-order chi connectivity index (χ0) is 42.1. The van der Waals surface area contributed by atoms with Gasteiger partial charge in [-0.05, 0) is 138 Å². The monoisotopic (exact) mass is 805 g/mol. The Kier molecular flexibility index (Phi) is 8.80. The van der Waals surface area contributed by atoms with Crippen molar-refractivity contribution < 1.29 is 0 Å². The molecule has 300 valence electrons. The molecule has 0 bridgehead atoms. The van der Waals surface area contributed by atoms with Crippen LogP contribution in [-0.2, 0) is 5.41 Å². The summed E-state index contributed by atoms with van der Waals surface area (Å²) < 4.78 is 2.41. The molecule has 1 nitrogen and oxygen atoms in total. The van der Waals surface area contributed by atoms with Crippen LogP contribution >= 0.6 is 0 Å². The molecule has 9 aromatic carbocycles. The standard InChI is InChI=1S/C62H47N/c1-62(2)57-22-11-9-20-53(57)54-34-30-51(40-58(54)62)61(43-16-7-4-8-17-43)50-27-26-47-37-46(24-25-48(47)38-50)44-18-13-19-45(36-44)49-31-35-60-56(39-49)55-21-10-12-23-59(55)63(60)52-32-28-42(29-33-52)41-14-5-3-6-15-41/h3-5,7-14,16-40,61H,6,15H2,1-2H3. The summed E-state index contributed by atoms with van der Waals surface area (Å²) in [6, 6.07) is 75.1. The van der Waals surface area contributed by atoms with Gasteiger partial charge in [-0.1, -0.05) is 190 Å². The first-order valence-corrected chi connectivity index (χ1v) is 22.4. The van der Waals surface area contributed by atoms with Crippen LogP contribution in [0.5, 0.6) is 0 Å². The van der Waals surface area contributed by atoms with E-state index in [1.165, 1.54) is 111 Å². The lowest BCUT2D eigenvalue weighted by molar-refractivity contribution is 0.659. The van der Waals surface area contributed by atoms with E-state index >= 15 is 0 Å². The second-order valence-electron chi connectivity index (χ2n) is 18.0. The molecule has 2 aliphatic carbocycles. The third-order valence-corrected chi connectivity index (χ3v) is 14.0. The predicted molar refractivity (Wildman–Crippen MR) is 267 cm³/mol. The molecular weight excluding hydrogens is 759 g/mol. The molecule has 2 aliphatic rings. The Morgan fingerprint density at radius 1 is 0.444 bits per heavy atom. The fourth-order valence-corrected chi connectivity index (χ4v) is 10.7. The van der Waals surface area contributed by atoms with Gasteiger partial charge in [0.25, 0.3) is 0 Å². The zero-order valence-electron chi connectivity index (χ0n) is 35.7. The zero-order valence-corrected chi connectivity index (χ0v) is 35.7. The van der Waals surface area contributed by atoms with Crippen molar-refractivity contribution in [2.24, 2.45) is 0 Å². The van der Waals surface area contributed by atoms with Gasteiger partial charge in [-0.25, -0.2) is 0 Å². The number of fused-ring (bicyclic) bond motifs is 7. The van der Waals surface area contributed by atoms with Gasteiger partial charge in [0.1, 0.15) is 0 Å². The molecule has 0 spiro atoms. The molecule has 1 aromatic heterocycles. The van der Waals surface area contributed by atoms with E-state index in [0.29, 0.717) is 0 Å². The van der Waals surface area contributed by atoms with Crippen LogP contribution in [0, 0.1) is 0 Å². The highest BCUT2D eigenvalue weighted by molar-refractivity contribution is 6.10. The number of aromatic nitrogens is 1. The average Bonchev–Trinajstić information content (AvgIpc) is 3.79. The highest BCUT2D eigenvalue weighted by Gasteiger charge is 2.36. The molecule has 0 saturated heterocycles. The van der Waals surface area contributed by atoms with E-state index < -0.39 is 0 Å². The number of hydrogen-bond acceptors (Lipinski definition) is 0. The van der Waals surface area contributed by atoms with E-state index in [2.05, 4.69) is 237 Å². The second kappa shape index (κ2) is 14.9. The Balaban J connectivity index is 0.876. The topological polar surface area (TPSA) is 4.93 Å². The van der Waals surface area contributed by atoms with Crippen molar-refractivity contribution in [1.82, 2.24) is 4.57 Å². The SMILES string of the molecule is CC1(C)c2ccccc2-c2ccc(C(c3ccccc3)c3ccc4cc(-c5cccc(-c6ccc7c(c6)c6ccccc6n7-c6ccc(C7=CC=CCC7)cc6)c5)ccc4c3)cc21. The van der Waals surface area contributed by atoms with E-state index in [1.807, 2.05) is 0 Å². The summed E-state index contributed by atoms with van der Waals surface area (Å²) >= 11 is 0. The van der Waals surface area contributed by atoms with Gasteiger partial charge in [0.2, 0.25) is 0 Å². The highest BCUT2D eigenvalue weighted by Crippen LogP contribution is 2.50. The van der Waals surface area contributed by atoms with E-state index in [0.717, 1.165) is 12.8 Å². The van der Waals surface area contributed by atoms with Crippen molar-refractivity contribution in [3.8, 4) is 39.1 Å². The average molecular weight is 806 g/mol. The summed E-state index contributed by atoms with van der Waals surface area (Å²) in [6.45, 7) is 4.74. The number of rotatable bonds is 7. The van der Waals surface area contributed by atoms with Crippen LogP contribution in [0.3, 0.4) is 0 Å². The molecule has 0 saturated carbocycles. The summed E-state index contributed by atoms with van der Waals surface area (Å²) in [5.41, 5.74) is 20.6. The van der Waals surface area contributed by atoms with Crippen LogP contribution in [0.25, 0.3) is 77.2 Å². The fraction of sp³-hybridized carbons (Fsp3) is 0.0968. The molecule has 0 fully saturated rings. The molecule has 1 heterocycles. The van der Waals surface area contributed by atoms with Crippen molar-refractivity contribution in [1.29, 1.82) is 0 Å². The summed E-state index contributed by atoms with van der Waals surface area (Å²) in [4.78, 5) is 0. The lowest BCUT2D eigenvalue weighted by atomic mass is 9.79. The molecular formula is C62H47N. The summed E-state index contributed by atoms with van der Waals surface area (Å²) in [7, 11) is 0. The van der Waals surface area contributed by atoms with Crippen molar-refractivity contribution >= 4 is 38.2 Å². The van der Waals surface area contributed by atoms with E-state index in [-0.39, 0.29) is 11.3 Å². The molecule has 0 amide bonds. The lowest BCUT2D eigenvalue weighted by Crippen LogP contribution is -2.15. The molecule has 63 heavy (non-hydrogen) atoms. The Labute approximate surface area is 369 Å². The quantitative estimate of drug-likeness (QED) is 0.141. The van der Waals surface area contributed by atoms with E-state index in [9.17, 15) is 0 Å². The molecule has 1 unspecified atom stereocenters. The molecule has 10 aromatic rings. The van der Waals surface area contributed by atoms with Gasteiger partial charge in [0.05, 0.1) is 11.0 Å². The first-order chi connectivity index (χ1) is 31.0. The Bertz CT molecular complexity index is 3470. The van der Waals surface area contributed by atoms with Crippen molar-refractivity contribution in [2.75, 3.05) is 0 Å². The predicted octanol–water partition coefficient (Wildman–Crippen LogP) is 16.5. The van der Waals surface area contributed by atoms with Gasteiger partial charge in [-0.15, -0.1) is 0 Å². The van der Waals surface area contributed by atoms with E-state index in [1.54, 1.807) is 0 Å². The maximum Gasteiger partial charge on any atom is 0.0541 e. The number of allylic oxidation sites excluding steroid dienone is 4. The number of para-hydroxylation sites is 1. The van der Waals surface area contributed by atoms with Gasteiger partial charge in [-0.2, -0.15) is 0 Å². The van der Waals surface area contributed by atoms with Gasteiger partial charge >= 0.3 is 0 Å². The van der Waals surface area contributed by atoms with Crippen LogP contribution in [0.15, 0.2) is 218 Å². The van der Waals surface area contributed by atoms with Crippen LogP contribution in [0.4, 0.5) is 0 Å². The van der Waals surface area contributed by atoms with Gasteiger partial charge in [0, 0.05) is 27.8 Å². The van der Waals surface area contributed by atoms with E-state index in [4.69, 9.17) is 0 Å². The smallest absolute Gasteiger partial charge is 0.0541 e. The Morgan fingerprint density at radius 2 is 1.10 bits per heavy atom. The maximum absolute atomic E-state index is 2.48. The van der Waals surface area contributed by atoms with Gasteiger partial charge in [-0.3, -0.25) is 0 Å². The minimum atomic E-state index is -0.0500. The largest absolute Gasteiger partial charge is 0.309 e. The molecule has 12 rings (SSSR count). The molecule has 0 radical (unpaired) electrons. The van der Waals surface area contributed by atoms with Gasteiger partial charge < -0.3 is 4.57 Å². The lowest BCUT2D eigenvalue weighted by Gasteiger charge is -2.25. The molecule has 1 atom stereocenters. The summed E-state index contributed by atoms with van der Waals surface area (Å²) in [5, 5.41) is 5.03. The highest BCUT2D eigenvalue weighted by atomic mass is 15.0. The molecule has 1 heteroatoms.